The zero-order valence-electron chi connectivity index (χ0n) is 67.7. The molecule has 36 heteroatoms. The van der Waals surface area contributed by atoms with Crippen LogP contribution in [0.4, 0.5) is 0 Å². The minimum absolute atomic E-state index is 0.0293. The van der Waals surface area contributed by atoms with E-state index in [-0.39, 0.29) is 48.5 Å². The number of H-pyrrole nitrogens is 2. The summed E-state index contributed by atoms with van der Waals surface area (Å²) in [5, 5.41) is 21.9. The Kier molecular flexibility index (Phi) is 29.7. The van der Waals surface area contributed by atoms with Crippen LogP contribution in [0.15, 0.2) is 198 Å². The molecule has 4 aliphatic rings. The third-order valence-electron chi connectivity index (χ3n) is 21.1. The first-order chi connectivity index (χ1) is 58.1. The normalized spacial score (nSPS) is 15.6. The molecule has 0 amide bonds. The molecule has 0 spiro atoms. The Morgan fingerprint density at radius 2 is 0.802 bits per heavy atom. The van der Waals surface area contributed by atoms with Crippen molar-refractivity contribution in [3.63, 3.8) is 0 Å². The second-order valence-electron chi connectivity index (χ2n) is 28.9. The summed E-state index contributed by atoms with van der Waals surface area (Å²) in [6, 6.07) is 44.5. The third kappa shape index (κ3) is 20.9. The molecule has 4 saturated heterocycles. The summed E-state index contributed by atoms with van der Waals surface area (Å²) >= 11 is 6.48. The maximum Gasteiger partial charge on any atom is 0.325 e. The van der Waals surface area contributed by atoms with Crippen LogP contribution < -0.4 is 0 Å². The largest absolute Gasteiger partial charge is 0.480 e. The van der Waals surface area contributed by atoms with Crippen molar-refractivity contribution >= 4 is 148 Å². The number of esters is 1. The summed E-state index contributed by atoms with van der Waals surface area (Å²) in [6.45, 7) is 17.6. The van der Waals surface area contributed by atoms with E-state index in [1.165, 1.54) is 73.6 Å². The topological polar surface area (TPSA) is 335 Å². The number of benzene rings is 5. The smallest absolute Gasteiger partial charge is 0.325 e. The molecule has 0 aliphatic carbocycles. The summed E-state index contributed by atoms with van der Waals surface area (Å²) < 4.78 is 171. The zero-order chi connectivity index (χ0) is 85.8. The van der Waals surface area contributed by atoms with Gasteiger partial charge in [-0.1, -0.05) is 90.5 Å². The number of carbonyl (C=O) groups excluding carboxylic acids is 1. The predicted octanol–water partition coefficient (Wildman–Crippen LogP) is 13.5. The Morgan fingerprint density at radius 1 is 0.430 bits per heavy atom. The molecular weight excluding hydrogens is 1730 g/mol. The van der Waals surface area contributed by atoms with Gasteiger partial charge in [0.2, 0.25) is 40.1 Å². The number of aromatic nitrogens is 4. The molecule has 4 fully saturated rings. The number of carbonyl (C=O) groups is 2. The van der Waals surface area contributed by atoms with Crippen LogP contribution in [-0.2, 0) is 127 Å². The maximum absolute atomic E-state index is 13.3. The molecule has 27 nitrogen and oxygen atoms in total. The van der Waals surface area contributed by atoms with Gasteiger partial charge in [-0.15, -0.1) is 45.3 Å². The minimum Gasteiger partial charge on any atom is -0.480 e. The van der Waals surface area contributed by atoms with E-state index in [0.29, 0.717) is 144 Å². The zero-order valence-corrected chi connectivity index (χ0v) is 75.0. The number of fused-ring (bicyclic) bond motifs is 4. The number of rotatable bonds is 23. The number of nitrogens with zero attached hydrogens (tertiary/aromatic N) is 6. The number of morpholine rings is 4. The lowest BCUT2D eigenvalue weighted by atomic mass is 10.0. The number of aliphatic carboxylic acids is 1. The lowest BCUT2D eigenvalue weighted by molar-refractivity contribution is -0.143. The molecule has 5 aromatic carbocycles. The number of carboxylic acids is 1. The predicted molar refractivity (Wildman–Crippen MR) is 471 cm³/mol. The van der Waals surface area contributed by atoms with Gasteiger partial charge in [0.25, 0.3) is 10.1 Å². The van der Waals surface area contributed by atoms with E-state index in [0.717, 1.165) is 70.2 Å². The number of carboxylic acid groups (broad SMARTS) is 1. The molecule has 0 atom stereocenters. The Bertz CT molecular complexity index is 6370. The van der Waals surface area contributed by atoms with Crippen molar-refractivity contribution in [3.8, 4) is 0 Å². The number of nitrogens with one attached hydrogen (secondary N) is 2. The highest BCUT2D eigenvalue weighted by Gasteiger charge is 2.34. The number of aromatic amines is 2. The van der Waals surface area contributed by atoms with Gasteiger partial charge in [0, 0.05) is 116 Å². The summed E-state index contributed by atoms with van der Waals surface area (Å²) in [7, 11) is -18.5. The highest BCUT2D eigenvalue weighted by atomic mass is 32.2. The van der Waals surface area contributed by atoms with Crippen LogP contribution in [0.1, 0.15) is 74.2 Å². The Balaban J connectivity index is 0.000000134. The Morgan fingerprint density at radius 3 is 1.22 bits per heavy atom. The van der Waals surface area contributed by atoms with Crippen molar-refractivity contribution in [1.82, 2.24) is 36.3 Å². The lowest BCUT2D eigenvalue weighted by Crippen LogP contribution is -2.40. The van der Waals surface area contributed by atoms with Gasteiger partial charge in [-0.3, -0.25) is 13.8 Å². The lowest BCUT2D eigenvalue weighted by Gasteiger charge is -2.27. The van der Waals surface area contributed by atoms with E-state index in [1.54, 1.807) is 112 Å². The third-order valence-corrected chi connectivity index (χ3v) is 34.0. The van der Waals surface area contributed by atoms with Crippen molar-refractivity contribution in [2.24, 2.45) is 0 Å². The van der Waals surface area contributed by atoms with Crippen LogP contribution in [-0.4, -0.2) is 207 Å². The van der Waals surface area contributed by atoms with Gasteiger partial charge in [-0.05, 0) is 169 Å². The van der Waals surface area contributed by atoms with Gasteiger partial charge < -0.3 is 47.9 Å². The van der Waals surface area contributed by atoms with Gasteiger partial charge in [0.1, 0.15) is 27.6 Å². The molecule has 0 radical (unpaired) electrons. The monoisotopic (exact) mass is 1820 g/mol. The van der Waals surface area contributed by atoms with E-state index in [9.17, 15) is 56.8 Å². The fourth-order valence-electron chi connectivity index (χ4n) is 14.9. The summed E-state index contributed by atoms with van der Waals surface area (Å²) in [6.07, 6.45) is 1.49. The van der Waals surface area contributed by atoms with Crippen LogP contribution in [0, 0.1) is 34.6 Å². The van der Waals surface area contributed by atoms with Crippen molar-refractivity contribution in [1.29, 1.82) is 0 Å². The van der Waals surface area contributed by atoms with Crippen LogP contribution >= 0.6 is 45.3 Å². The molecule has 4 aliphatic heterocycles. The second kappa shape index (κ2) is 39.9. The average molecular weight is 1820 g/mol. The number of hydrogen-bond donors (Lipinski definition) is 3. The number of hydrogen-bond acceptors (Lipinski definition) is 22. The van der Waals surface area contributed by atoms with Crippen molar-refractivity contribution in [3.05, 3.63) is 240 Å². The fraction of sp³-hybridized carbons (Fsp3) is 0.341. The highest BCUT2D eigenvalue weighted by Crippen LogP contribution is 2.38. The molecule has 0 unspecified atom stereocenters. The van der Waals surface area contributed by atoms with Gasteiger partial charge in [0.05, 0.1) is 95.4 Å². The van der Waals surface area contributed by atoms with E-state index in [4.69, 9.17) is 27.9 Å². The van der Waals surface area contributed by atoms with Gasteiger partial charge in [-0.2, -0.15) is 25.6 Å². The molecule has 13 aromatic rings. The summed E-state index contributed by atoms with van der Waals surface area (Å²) in [4.78, 5) is 35.5. The minimum atomic E-state index is -3.99. The maximum atomic E-state index is 13.3. The first kappa shape index (κ1) is 90.1. The molecule has 121 heavy (non-hydrogen) atoms. The van der Waals surface area contributed by atoms with Crippen molar-refractivity contribution in [2.45, 2.75) is 105 Å². The number of thiophene rings is 4. The SMILES string of the molecule is CCOC(=O)Cn1c(C)c(Cc2ccccc2S(=O)(=O)N2CCOCC2)c2ccsc21.Cc1[nH]c2sccc2c1Cc1ccccc1S(=O)(=O)N1CCOCC1.Cc1c(Cc2ccccc2S(=O)(=O)N2CCOCC2)c2ccsc2n1CC(=O)O.Cc1cc2ccsc2[nH]1.Cc1ccc(S(=O)(=O)OCc2ccccc2S(=O)(=O)N2CCOCC2)cc1. The molecule has 0 saturated carbocycles. The van der Waals surface area contributed by atoms with E-state index < -0.39 is 56.2 Å². The van der Waals surface area contributed by atoms with Crippen LogP contribution in [0.25, 0.3) is 40.9 Å². The fourth-order valence-corrected chi connectivity index (χ4v) is 25.9. The number of ether oxygens (including phenoxy) is 5. The van der Waals surface area contributed by atoms with E-state index >= 15 is 0 Å². The van der Waals surface area contributed by atoms with Crippen LogP contribution in [0.5, 0.6) is 0 Å². The molecule has 8 aromatic heterocycles. The number of aryl methyl sites for hydroxylation is 3. The summed E-state index contributed by atoms with van der Waals surface area (Å²) in [5.41, 5.74) is 10.8. The first-order valence-electron chi connectivity index (χ1n) is 39.2. The van der Waals surface area contributed by atoms with Crippen LogP contribution in [0.2, 0.25) is 0 Å². The van der Waals surface area contributed by atoms with Crippen molar-refractivity contribution < 1.29 is 84.7 Å². The molecular formula is C85H96N8O19S9. The van der Waals surface area contributed by atoms with Crippen molar-refractivity contribution in [2.75, 3.05) is 112 Å². The second-order valence-corrected chi connectivity index (χ2v) is 41.7. The van der Waals surface area contributed by atoms with Gasteiger partial charge in [0.15, 0.2) is 0 Å². The molecule has 17 rings (SSSR count). The van der Waals surface area contributed by atoms with Gasteiger partial charge in [-0.25, -0.2) is 33.7 Å². The molecule has 644 valence electrons. The highest BCUT2D eigenvalue weighted by molar-refractivity contribution is 7.90. The Hall–Kier alpha value is -8.61. The standard InChI is InChI=1S/C22H26N2O5S2.C20H22N2O5S2.C18H20N2O3S2.C18H21NO6S2.C7H7NS/c1-3-29-21(25)15-24-16(2)19(18-8-13-30-22(18)24)14-17-6-4-5-7-20(17)31(26,27)23-9-11-28-12-10-23;1-14-17(16-6-11-28-20(16)22(14)13-19(23)24)12-15-4-2-3-5-18(15)29(25,26)21-7-9-27-10-8-21;1-13-16(15-6-11-24-18(15)19-13)12-14-4-2-3-5-17(14)25(21,22)20-7-9-23-10-8-20;1-15-6-8-17(9-7-15)27(22,23)25-14-16-4-2-3-5-18(16)26(20,21)19-10-12-24-13-11-19;1-5-4-6-2-3-9-7(6)8-5/h4-8,13H,3,9-12,14-15H2,1-2H3;2-6,11H,7-10,12-13H2,1H3,(H,23,24);2-6,11,19H,7-10,12H2,1H3;2-9H,10-14H2,1H3;2-4,8H,1H3. The van der Waals surface area contributed by atoms with E-state index in [2.05, 4.69) is 45.9 Å². The first-order valence-corrected chi connectivity index (χ1v) is 49.9. The van der Waals surface area contributed by atoms with Gasteiger partial charge >= 0.3 is 11.9 Å². The van der Waals surface area contributed by atoms with E-state index in [1.807, 2.05) is 91.6 Å². The summed E-state index contributed by atoms with van der Waals surface area (Å²) in [5.74, 6) is -1.18. The molecule has 3 N–H and O–H groups in total. The Labute approximate surface area is 720 Å². The molecule has 12 heterocycles. The molecule has 0 bridgehead atoms. The number of sulfonamides is 4. The average Bonchev–Trinajstić information content (AvgIpc) is 1.62. The van der Waals surface area contributed by atoms with Crippen LogP contribution in [0.3, 0.4) is 0 Å². The quantitative estimate of drug-likeness (QED) is 0.0395.